The molecule has 4 rings (SSSR count). The third kappa shape index (κ3) is 3.62. The molecule has 0 radical (unpaired) electrons. The Hall–Kier alpha value is -3.55. The number of hydrogen-bond donors (Lipinski definition) is 1. The van der Waals surface area contributed by atoms with Gasteiger partial charge >= 0.3 is 0 Å². The third-order valence-electron chi connectivity index (χ3n) is 4.73. The van der Waals surface area contributed by atoms with Crippen LogP contribution in [0.15, 0.2) is 42.6 Å². The zero-order chi connectivity index (χ0) is 19.5. The zero-order valence-corrected chi connectivity index (χ0v) is 15.5. The van der Waals surface area contributed by atoms with E-state index < -0.39 is 0 Å². The van der Waals surface area contributed by atoms with Gasteiger partial charge in [0.2, 0.25) is 6.41 Å². The summed E-state index contributed by atoms with van der Waals surface area (Å²) in [5.41, 5.74) is 1.67. The fourth-order valence-corrected chi connectivity index (χ4v) is 3.28. The quantitative estimate of drug-likeness (QED) is 0.699. The molecule has 8 heteroatoms. The van der Waals surface area contributed by atoms with Crippen LogP contribution < -0.4 is 10.2 Å². The molecule has 0 atom stereocenters. The van der Waals surface area contributed by atoms with Crippen molar-refractivity contribution < 1.29 is 9.59 Å². The zero-order valence-electron chi connectivity index (χ0n) is 15.5. The summed E-state index contributed by atoms with van der Waals surface area (Å²) in [6.45, 7) is 4.37. The molecule has 2 aromatic heterocycles. The molecule has 3 aromatic rings. The number of aromatic nitrogens is 3. The van der Waals surface area contributed by atoms with E-state index in [4.69, 9.17) is 0 Å². The number of carbonyl (C=O) groups excluding carboxylic acids is 2. The molecule has 2 amide bonds. The summed E-state index contributed by atoms with van der Waals surface area (Å²) in [5, 5.41) is 3.86. The van der Waals surface area contributed by atoms with Gasteiger partial charge in [0.15, 0.2) is 0 Å². The van der Waals surface area contributed by atoms with E-state index >= 15 is 0 Å². The molecule has 0 bridgehead atoms. The lowest BCUT2D eigenvalue weighted by molar-refractivity contribution is -0.118. The van der Waals surface area contributed by atoms with Crippen molar-refractivity contribution in [3.8, 4) is 0 Å². The summed E-state index contributed by atoms with van der Waals surface area (Å²) < 4.78 is 0. The minimum absolute atomic E-state index is 0.299. The highest BCUT2D eigenvalue weighted by molar-refractivity contribution is 6.07. The molecule has 1 aromatic carbocycles. The monoisotopic (exact) mass is 376 g/mol. The van der Waals surface area contributed by atoms with E-state index in [0.717, 1.165) is 17.3 Å². The van der Waals surface area contributed by atoms with Gasteiger partial charge in [-0.3, -0.25) is 14.6 Å². The van der Waals surface area contributed by atoms with Crippen molar-refractivity contribution in [1.82, 2.24) is 19.9 Å². The predicted molar refractivity (Wildman–Crippen MR) is 106 cm³/mol. The largest absolute Gasteiger partial charge is 0.353 e. The van der Waals surface area contributed by atoms with Crippen LogP contribution in [0.25, 0.3) is 10.9 Å². The van der Waals surface area contributed by atoms with E-state index in [2.05, 4.69) is 25.2 Å². The van der Waals surface area contributed by atoms with Gasteiger partial charge in [0.25, 0.3) is 5.91 Å². The second-order valence-electron chi connectivity index (χ2n) is 6.62. The Morgan fingerprint density at radius 3 is 2.68 bits per heavy atom. The number of pyridine rings is 1. The minimum atomic E-state index is -0.309. The lowest BCUT2D eigenvalue weighted by Crippen LogP contribution is -2.46. The van der Waals surface area contributed by atoms with Crippen molar-refractivity contribution in [1.29, 1.82) is 0 Å². The molecule has 1 aliphatic heterocycles. The number of piperazine rings is 1. The van der Waals surface area contributed by atoms with E-state index in [1.54, 1.807) is 24.1 Å². The first-order valence-electron chi connectivity index (χ1n) is 9.09. The lowest BCUT2D eigenvalue weighted by atomic mass is 10.2. The average molecular weight is 376 g/mol. The highest BCUT2D eigenvalue weighted by Crippen LogP contribution is 2.22. The van der Waals surface area contributed by atoms with Crippen molar-refractivity contribution in [2.75, 3.05) is 36.4 Å². The van der Waals surface area contributed by atoms with Crippen molar-refractivity contribution >= 4 is 34.7 Å². The Balaban J connectivity index is 1.58. The number of amides is 2. The maximum Gasteiger partial charge on any atom is 0.274 e. The number of anilines is 2. The molecule has 1 N–H and O–H groups in total. The summed E-state index contributed by atoms with van der Waals surface area (Å²) in [6.07, 6.45) is 2.56. The summed E-state index contributed by atoms with van der Waals surface area (Å²) in [6, 6.07) is 11.1. The molecule has 1 saturated heterocycles. The van der Waals surface area contributed by atoms with Crippen molar-refractivity contribution in [3.05, 3.63) is 54.1 Å². The van der Waals surface area contributed by atoms with Gasteiger partial charge in [-0.25, -0.2) is 9.97 Å². The molecule has 0 unspecified atom stereocenters. The Labute approximate surface area is 162 Å². The van der Waals surface area contributed by atoms with E-state index in [1.807, 2.05) is 30.3 Å². The Morgan fingerprint density at radius 1 is 1.11 bits per heavy atom. The van der Waals surface area contributed by atoms with Crippen LogP contribution in [0.3, 0.4) is 0 Å². The molecule has 1 fully saturated rings. The van der Waals surface area contributed by atoms with Gasteiger partial charge in [-0.1, -0.05) is 18.2 Å². The summed E-state index contributed by atoms with van der Waals surface area (Å²) >= 11 is 0. The normalized spacial score (nSPS) is 14.2. The first kappa shape index (κ1) is 17.8. The van der Waals surface area contributed by atoms with Crippen LogP contribution in [0.2, 0.25) is 0 Å². The van der Waals surface area contributed by atoms with Gasteiger partial charge in [0, 0.05) is 43.8 Å². The Morgan fingerprint density at radius 2 is 1.89 bits per heavy atom. The van der Waals surface area contributed by atoms with Gasteiger partial charge in [-0.05, 0) is 19.1 Å². The number of para-hydroxylation sites is 1. The van der Waals surface area contributed by atoms with E-state index in [-0.39, 0.29) is 5.91 Å². The third-order valence-corrected chi connectivity index (χ3v) is 4.73. The van der Waals surface area contributed by atoms with Gasteiger partial charge in [-0.2, -0.15) is 0 Å². The first-order chi connectivity index (χ1) is 13.6. The molecule has 3 heterocycles. The van der Waals surface area contributed by atoms with Crippen LogP contribution in [-0.2, 0) is 4.79 Å². The van der Waals surface area contributed by atoms with Crippen LogP contribution in [0.4, 0.5) is 11.5 Å². The molecular weight excluding hydrogens is 356 g/mol. The van der Waals surface area contributed by atoms with Gasteiger partial charge in [-0.15, -0.1) is 0 Å². The summed E-state index contributed by atoms with van der Waals surface area (Å²) in [5.74, 6) is 0.909. The molecule has 142 valence electrons. The van der Waals surface area contributed by atoms with E-state index in [9.17, 15) is 9.59 Å². The molecule has 8 nitrogen and oxygen atoms in total. The van der Waals surface area contributed by atoms with Crippen LogP contribution in [0, 0.1) is 6.92 Å². The number of rotatable bonds is 4. The molecular formula is C20H20N6O2. The SMILES string of the molecule is Cc1nc(C(=O)Nc2cccc3cccnc23)cc(N2CCN(C=O)CC2)n1. The van der Waals surface area contributed by atoms with Crippen molar-refractivity contribution in [2.45, 2.75) is 6.92 Å². The maximum atomic E-state index is 12.8. The average Bonchev–Trinajstić information content (AvgIpc) is 2.73. The highest BCUT2D eigenvalue weighted by atomic mass is 16.2. The topological polar surface area (TPSA) is 91.3 Å². The Bertz CT molecular complexity index is 1020. The van der Waals surface area contributed by atoms with Crippen molar-refractivity contribution in [3.63, 3.8) is 0 Å². The number of aryl methyl sites for hydroxylation is 1. The number of carbonyl (C=O) groups is 2. The number of nitrogens with one attached hydrogen (secondary N) is 1. The highest BCUT2D eigenvalue weighted by Gasteiger charge is 2.19. The molecule has 28 heavy (non-hydrogen) atoms. The van der Waals surface area contributed by atoms with Crippen LogP contribution >= 0.6 is 0 Å². The Kier molecular flexibility index (Phi) is 4.84. The smallest absolute Gasteiger partial charge is 0.274 e. The molecule has 1 aliphatic rings. The number of hydrogen-bond acceptors (Lipinski definition) is 6. The molecule has 0 aliphatic carbocycles. The fraction of sp³-hybridized carbons (Fsp3) is 0.250. The van der Waals surface area contributed by atoms with Gasteiger partial charge in [0.1, 0.15) is 17.3 Å². The van der Waals surface area contributed by atoms with Crippen molar-refractivity contribution in [2.24, 2.45) is 0 Å². The van der Waals surface area contributed by atoms with Crippen LogP contribution in [0.5, 0.6) is 0 Å². The lowest BCUT2D eigenvalue weighted by Gasteiger charge is -2.33. The van der Waals surface area contributed by atoms with Crippen LogP contribution in [-0.4, -0.2) is 58.3 Å². The second kappa shape index (κ2) is 7.59. The standard InChI is InChI=1S/C20H20N6O2/c1-14-22-17(12-18(23-14)26-10-8-25(13-27)9-11-26)20(28)24-16-6-2-4-15-5-3-7-21-19(15)16/h2-7,12-13H,8-11H2,1H3,(H,24,28). The summed E-state index contributed by atoms with van der Waals surface area (Å²) in [7, 11) is 0. The van der Waals surface area contributed by atoms with Crippen LogP contribution in [0.1, 0.15) is 16.3 Å². The van der Waals surface area contributed by atoms with Gasteiger partial charge < -0.3 is 15.1 Å². The minimum Gasteiger partial charge on any atom is -0.353 e. The fourth-order valence-electron chi connectivity index (χ4n) is 3.28. The second-order valence-corrected chi connectivity index (χ2v) is 6.62. The molecule has 0 spiro atoms. The maximum absolute atomic E-state index is 12.8. The summed E-state index contributed by atoms with van der Waals surface area (Å²) in [4.78, 5) is 40.6. The predicted octanol–water partition coefficient (Wildman–Crippen LogP) is 1.86. The number of benzene rings is 1. The van der Waals surface area contributed by atoms with Gasteiger partial charge in [0.05, 0.1) is 11.2 Å². The number of fused-ring (bicyclic) bond motifs is 1. The first-order valence-corrected chi connectivity index (χ1v) is 9.09. The van der Waals surface area contributed by atoms with E-state index in [1.165, 1.54) is 0 Å². The molecule has 0 saturated carbocycles. The number of nitrogens with zero attached hydrogens (tertiary/aromatic N) is 5. The van der Waals surface area contributed by atoms with E-state index in [0.29, 0.717) is 49.2 Å².